The number of carboxylic acid groups (broad SMARTS) is 1. The number of carbonyl (C=O) groups is 4. The van der Waals surface area contributed by atoms with Crippen molar-refractivity contribution >= 4 is 29.2 Å². The molecular weight excluding hydrogens is 613 g/mol. The second-order valence-electron chi connectivity index (χ2n) is 12.1. The highest BCUT2D eigenvalue weighted by Crippen LogP contribution is 2.56. The number of aliphatic carboxylic acids is 1. The van der Waals surface area contributed by atoms with Crippen LogP contribution in [0.15, 0.2) is 83.6 Å². The first-order valence-electron chi connectivity index (χ1n) is 14.6. The summed E-state index contributed by atoms with van der Waals surface area (Å²) < 4.78 is 14.0. The number of carboxylic acids is 1. The van der Waals surface area contributed by atoms with Crippen LogP contribution in [0, 0.1) is 17.7 Å². The van der Waals surface area contributed by atoms with Crippen molar-refractivity contribution in [3.05, 3.63) is 106 Å². The number of rotatable bonds is 4. The maximum absolute atomic E-state index is 14.0. The van der Waals surface area contributed by atoms with E-state index >= 15 is 0 Å². The molecule has 11 nitrogen and oxygen atoms in total. The lowest BCUT2D eigenvalue weighted by atomic mass is 9.56. The SMILES string of the molecule is CC(C(=O)O)c1ccc(-c2ccccc2)c(F)c1.C[C@@]1(O)c2cccc(O)c2C(O)=C2C(=O)[C@]3(O)C(O)=C(C(N)=O)C(=O)C[C@@H]3CC21. The van der Waals surface area contributed by atoms with E-state index in [9.17, 15) is 49.1 Å². The lowest BCUT2D eigenvalue weighted by molar-refractivity contribution is -0.152. The number of ketones is 2. The van der Waals surface area contributed by atoms with Crippen molar-refractivity contribution in [2.75, 3.05) is 0 Å². The topological polar surface area (TPSA) is 216 Å². The van der Waals surface area contributed by atoms with Gasteiger partial charge in [0.1, 0.15) is 28.7 Å². The highest BCUT2D eigenvalue weighted by Gasteiger charge is 2.63. The largest absolute Gasteiger partial charge is 0.508 e. The highest BCUT2D eigenvalue weighted by atomic mass is 19.1. The number of carbonyl (C=O) groups excluding carboxylic acids is 3. The number of aliphatic hydroxyl groups excluding tert-OH is 2. The molecular formula is C35H32FNO10. The monoisotopic (exact) mass is 645 g/mol. The molecule has 3 aliphatic carbocycles. The van der Waals surface area contributed by atoms with Crippen LogP contribution in [0.1, 0.15) is 49.3 Å². The van der Waals surface area contributed by atoms with E-state index in [1.165, 1.54) is 31.2 Å². The van der Waals surface area contributed by atoms with Gasteiger partial charge < -0.3 is 36.4 Å². The molecule has 12 heteroatoms. The third-order valence-corrected chi connectivity index (χ3v) is 9.31. The van der Waals surface area contributed by atoms with Crippen molar-refractivity contribution in [3.63, 3.8) is 0 Å². The van der Waals surface area contributed by atoms with Crippen LogP contribution in [-0.2, 0) is 24.8 Å². The zero-order valence-electron chi connectivity index (χ0n) is 25.3. The van der Waals surface area contributed by atoms with Gasteiger partial charge in [-0.15, -0.1) is 0 Å². The van der Waals surface area contributed by atoms with Gasteiger partial charge in [0.25, 0.3) is 5.91 Å². The molecule has 3 aromatic rings. The van der Waals surface area contributed by atoms with Gasteiger partial charge in [-0.1, -0.05) is 54.6 Å². The van der Waals surface area contributed by atoms with Crippen LogP contribution in [0.3, 0.4) is 0 Å². The molecule has 0 aliphatic heterocycles. The Labute approximate surface area is 267 Å². The lowest BCUT2D eigenvalue weighted by Gasteiger charge is -2.50. The Kier molecular flexibility index (Phi) is 8.29. The average Bonchev–Trinajstić information content (AvgIpc) is 3.01. The number of halogens is 1. The van der Waals surface area contributed by atoms with E-state index in [0.29, 0.717) is 11.1 Å². The van der Waals surface area contributed by atoms with Crippen LogP contribution in [0.4, 0.5) is 4.39 Å². The minimum atomic E-state index is -2.66. The normalized spacial score (nSPS) is 25.6. The van der Waals surface area contributed by atoms with Gasteiger partial charge in [-0.25, -0.2) is 4.39 Å². The van der Waals surface area contributed by atoms with E-state index < -0.39 is 87.3 Å². The number of nitrogens with two attached hydrogens (primary N) is 1. The number of aromatic hydroxyl groups is 1. The molecule has 5 atom stereocenters. The van der Waals surface area contributed by atoms with Crippen molar-refractivity contribution in [2.45, 2.75) is 43.8 Å². The van der Waals surface area contributed by atoms with Gasteiger partial charge in [-0.3, -0.25) is 19.2 Å². The molecule has 0 spiro atoms. The summed E-state index contributed by atoms with van der Waals surface area (Å²) in [5.41, 5.74) is 1.25. The summed E-state index contributed by atoms with van der Waals surface area (Å²) in [4.78, 5) is 48.0. The number of aliphatic hydroxyl groups is 4. The van der Waals surface area contributed by atoms with Crippen molar-refractivity contribution < 1.29 is 54.2 Å². The number of fused-ring (bicyclic) bond motifs is 3. The quantitative estimate of drug-likeness (QED) is 0.204. The summed E-state index contributed by atoms with van der Waals surface area (Å²) >= 11 is 0. The fourth-order valence-electron chi connectivity index (χ4n) is 6.67. The second kappa shape index (κ2) is 11.8. The molecule has 0 aromatic heterocycles. The van der Waals surface area contributed by atoms with Gasteiger partial charge in [0.05, 0.1) is 17.1 Å². The fraction of sp³-hybridized carbons (Fsp3) is 0.257. The summed E-state index contributed by atoms with van der Waals surface area (Å²) in [5, 5.41) is 62.6. The van der Waals surface area contributed by atoms with E-state index in [1.54, 1.807) is 19.1 Å². The molecule has 1 amide bonds. The molecule has 3 aliphatic rings. The summed E-state index contributed by atoms with van der Waals surface area (Å²) in [5.74, 6) is -9.66. The molecule has 0 heterocycles. The van der Waals surface area contributed by atoms with E-state index in [2.05, 4.69) is 0 Å². The van der Waals surface area contributed by atoms with Crippen molar-refractivity contribution in [2.24, 2.45) is 17.6 Å². The molecule has 2 unspecified atom stereocenters. The Bertz CT molecular complexity index is 1900. The zero-order valence-corrected chi connectivity index (χ0v) is 25.3. The number of phenolic OH excluding ortho intramolecular Hbond substituents is 1. The van der Waals surface area contributed by atoms with E-state index in [1.807, 2.05) is 30.3 Å². The Balaban J connectivity index is 0.000000207. The summed E-state index contributed by atoms with van der Waals surface area (Å²) in [7, 11) is 0. The molecule has 8 N–H and O–H groups in total. The van der Waals surface area contributed by atoms with Crippen LogP contribution >= 0.6 is 0 Å². The molecule has 3 aromatic carbocycles. The third-order valence-electron chi connectivity index (χ3n) is 9.31. The first kappa shape index (κ1) is 33.0. The Hall–Kier alpha value is -5.33. The number of amides is 1. The summed E-state index contributed by atoms with van der Waals surface area (Å²) in [6, 6.07) is 18.0. The maximum Gasteiger partial charge on any atom is 0.310 e. The first-order chi connectivity index (χ1) is 22.0. The third kappa shape index (κ3) is 5.25. The number of hydrogen-bond donors (Lipinski definition) is 7. The Morgan fingerprint density at radius 1 is 0.979 bits per heavy atom. The van der Waals surface area contributed by atoms with Gasteiger partial charge >= 0.3 is 5.97 Å². The van der Waals surface area contributed by atoms with E-state index in [4.69, 9.17) is 10.8 Å². The van der Waals surface area contributed by atoms with E-state index in [0.717, 1.165) is 5.56 Å². The smallest absolute Gasteiger partial charge is 0.310 e. The van der Waals surface area contributed by atoms with Crippen molar-refractivity contribution in [1.82, 2.24) is 0 Å². The zero-order chi connectivity index (χ0) is 34.6. The number of Topliss-reactive ketones (excluding diaryl/α,β-unsaturated/α-hetero) is 2. The van der Waals surface area contributed by atoms with Gasteiger partial charge in [0.15, 0.2) is 11.4 Å². The van der Waals surface area contributed by atoms with Crippen LogP contribution in [0.25, 0.3) is 16.9 Å². The molecule has 0 saturated heterocycles. The maximum atomic E-state index is 14.0. The number of phenols is 1. The molecule has 0 bridgehead atoms. The van der Waals surface area contributed by atoms with Crippen LogP contribution in [0.5, 0.6) is 5.75 Å². The predicted molar refractivity (Wildman–Crippen MR) is 165 cm³/mol. The standard InChI is InChI=1S/C20H19NO8.C15H13FO2/c1-19(28)8-3-2-4-10(22)12(8)15(24)13-9(19)5-7-6-11(23)14(18(21)27)17(26)20(7,29)16(13)25;1-10(15(17)18)12-7-8-13(14(16)9-12)11-5-3-2-4-6-11/h2-4,7,9,22,24,26,28-29H,5-6H2,1H3,(H2,21,27);2-10H,1H3,(H,17,18)/t7-,9?,19+,20-;/m0./s1. The minimum absolute atomic E-state index is 0.147. The summed E-state index contributed by atoms with van der Waals surface area (Å²) in [6.07, 6.45) is -0.594. The van der Waals surface area contributed by atoms with Crippen LogP contribution in [0.2, 0.25) is 0 Å². The number of hydrogen-bond acceptors (Lipinski definition) is 9. The Morgan fingerprint density at radius 2 is 1.64 bits per heavy atom. The number of primary amides is 1. The fourth-order valence-corrected chi connectivity index (χ4v) is 6.67. The van der Waals surface area contributed by atoms with Crippen LogP contribution < -0.4 is 5.73 Å². The predicted octanol–water partition coefficient (Wildman–Crippen LogP) is 3.77. The molecule has 47 heavy (non-hydrogen) atoms. The van der Waals surface area contributed by atoms with Crippen LogP contribution in [-0.4, -0.2) is 59.7 Å². The van der Waals surface area contributed by atoms with Crippen molar-refractivity contribution in [1.29, 1.82) is 0 Å². The number of benzene rings is 3. The minimum Gasteiger partial charge on any atom is -0.508 e. The van der Waals surface area contributed by atoms with Gasteiger partial charge in [-0.2, -0.15) is 0 Å². The second-order valence-corrected chi connectivity index (χ2v) is 12.1. The highest BCUT2D eigenvalue weighted by molar-refractivity contribution is 6.22. The molecule has 1 saturated carbocycles. The first-order valence-corrected chi connectivity index (χ1v) is 14.6. The van der Waals surface area contributed by atoms with Crippen molar-refractivity contribution in [3.8, 4) is 16.9 Å². The molecule has 1 fully saturated rings. The van der Waals surface area contributed by atoms with Gasteiger partial charge in [0.2, 0.25) is 5.78 Å². The van der Waals surface area contributed by atoms with Gasteiger partial charge in [0, 0.05) is 29.4 Å². The van der Waals surface area contributed by atoms with E-state index in [-0.39, 0.29) is 23.3 Å². The molecule has 244 valence electrons. The summed E-state index contributed by atoms with van der Waals surface area (Å²) in [6.45, 7) is 2.94. The average molecular weight is 646 g/mol. The van der Waals surface area contributed by atoms with Gasteiger partial charge in [-0.05, 0) is 49.1 Å². The molecule has 6 rings (SSSR count). The molecule has 0 radical (unpaired) electrons. The lowest BCUT2D eigenvalue weighted by Crippen LogP contribution is -2.60. The Morgan fingerprint density at radius 3 is 2.23 bits per heavy atom.